The standard InChI is InChI=1S/C42H56ClNO6Si2.C40H53ClO4Si2/c1-32-29-33(2)40(43)37(39(32)41(47)48-27-28-51(6,7)8)30-34(44-49-31-38(45)46)21-15-11-9-10-12-20-26-50-52(42(3,4)5,35-22-16-13-17-23-35)36-24-18-14-19-25-36;1-31-29-32(2)38(41)36(37(31)39(43)44-27-28-46(6,7)8)30-33(42)21-15-11-9-10-12-20-26-45-47(40(3,4)5,34-22-16-13-17-23-34)35-24-18-14-19-25-35/h10,12-19,21-25,29H,9,11,20,26-28,30-31H2,1-8H3,(H,45,46);10,12-19,21-25,29H,9,11,20,26-28,30H2,1-8H3/b12-10+,21-15+,44-34?;12-10+,21-15+. The second kappa shape index (κ2) is 39.4. The Kier molecular flexibility index (Phi) is 33.0. The SMILES string of the molecule is Cc1cc(C)c(C(=O)OCC[Si](C)(C)C)c(CC(/C=C/CC/C=C/CCO[Si](c2ccccc2)(c2ccccc2)C(C)(C)C)=NOCC(=O)O)c1Cl.Cc1cc(C)c(C(=O)OCC[Si](C)(C)C)c(CC(=O)/C=C/CC/C=C/CCO[Si](c2ccccc2)(c2ccccc2)C(C)(C)C)c1Cl. The van der Waals surface area contributed by atoms with Crippen LogP contribution in [0.25, 0.3) is 0 Å². The molecule has 532 valence electrons. The number of allylic oxidation sites excluding steroid dienone is 6. The van der Waals surface area contributed by atoms with E-state index in [1.54, 1.807) is 12.2 Å². The van der Waals surface area contributed by atoms with E-state index >= 15 is 0 Å². The van der Waals surface area contributed by atoms with Gasteiger partial charge in [-0.05, 0) is 155 Å². The summed E-state index contributed by atoms with van der Waals surface area (Å²) < 4.78 is 25.3. The Hall–Kier alpha value is -6.80. The van der Waals surface area contributed by atoms with Crippen molar-refractivity contribution in [3.63, 3.8) is 0 Å². The summed E-state index contributed by atoms with van der Waals surface area (Å²) >= 11 is 13.4. The molecule has 6 aromatic carbocycles. The minimum absolute atomic E-state index is 0.0488. The number of ether oxygens (including phenoxy) is 2. The summed E-state index contributed by atoms with van der Waals surface area (Å²) in [6.07, 6.45) is 20.8. The van der Waals surface area contributed by atoms with Crippen LogP contribution >= 0.6 is 23.2 Å². The lowest BCUT2D eigenvalue weighted by Gasteiger charge is -2.43. The van der Waals surface area contributed by atoms with Gasteiger partial charge in [-0.15, -0.1) is 0 Å². The number of hydrogen-bond donors (Lipinski definition) is 1. The average Bonchev–Trinajstić information content (AvgIpc) is 0.759. The van der Waals surface area contributed by atoms with Crippen molar-refractivity contribution in [2.75, 3.05) is 33.0 Å². The third kappa shape index (κ3) is 25.3. The number of halogens is 2. The minimum Gasteiger partial charge on any atom is -0.479 e. The summed E-state index contributed by atoms with van der Waals surface area (Å²) in [7, 11) is -7.85. The van der Waals surface area contributed by atoms with E-state index in [0.717, 1.165) is 72.9 Å². The van der Waals surface area contributed by atoms with Crippen LogP contribution in [0.4, 0.5) is 0 Å². The van der Waals surface area contributed by atoms with Gasteiger partial charge in [0.25, 0.3) is 16.6 Å². The lowest BCUT2D eigenvalue weighted by atomic mass is 9.94. The minimum atomic E-state index is -2.57. The third-order valence-corrected chi connectivity index (χ3v) is 31.7. The third-order valence-electron chi connectivity index (χ3n) is 17.1. The van der Waals surface area contributed by atoms with Crippen molar-refractivity contribution < 1.29 is 47.4 Å². The number of aryl methyl sites for hydroxylation is 4. The van der Waals surface area contributed by atoms with Gasteiger partial charge in [0.15, 0.2) is 5.78 Å². The Morgan fingerprint density at radius 1 is 0.455 bits per heavy atom. The molecule has 0 saturated heterocycles. The first kappa shape index (κ1) is 82.9. The van der Waals surface area contributed by atoms with Crippen LogP contribution in [0.3, 0.4) is 0 Å². The van der Waals surface area contributed by atoms with Gasteiger partial charge in [-0.1, -0.05) is 279 Å². The maximum atomic E-state index is 13.3. The van der Waals surface area contributed by atoms with Crippen molar-refractivity contribution in [1.29, 1.82) is 0 Å². The van der Waals surface area contributed by atoms with Crippen LogP contribution in [0.1, 0.15) is 134 Å². The fourth-order valence-corrected chi connectivity index (χ4v) is 23.1. The first-order valence-corrected chi connectivity index (χ1v) is 46.7. The van der Waals surface area contributed by atoms with E-state index in [4.69, 9.17) is 51.5 Å². The van der Waals surface area contributed by atoms with Crippen LogP contribution in [-0.2, 0) is 45.6 Å². The zero-order valence-electron chi connectivity index (χ0n) is 61.8. The van der Waals surface area contributed by atoms with E-state index in [9.17, 15) is 19.2 Å². The fourth-order valence-electron chi connectivity index (χ4n) is 12.1. The van der Waals surface area contributed by atoms with E-state index in [2.05, 4.69) is 219 Å². The van der Waals surface area contributed by atoms with E-state index in [1.165, 1.54) is 20.7 Å². The number of ketones is 1. The highest BCUT2D eigenvalue weighted by Gasteiger charge is 2.51. The van der Waals surface area contributed by atoms with Gasteiger partial charge < -0.3 is 28.3 Å². The lowest BCUT2D eigenvalue weighted by Crippen LogP contribution is -2.66. The number of esters is 2. The number of hydrogen-bond acceptors (Lipinski definition) is 10. The Labute approximate surface area is 606 Å². The van der Waals surface area contributed by atoms with Crippen LogP contribution in [0, 0.1) is 27.7 Å². The van der Waals surface area contributed by atoms with Crippen molar-refractivity contribution in [2.45, 2.75) is 182 Å². The second-order valence-electron chi connectivity index (χ2n) is 29.8. The quantitative estimate of drug-likeness (QED) is 0.00776. The second-order valence-corrected chi connectivity index (χ2v) is 50.4. The molecule has 0 saturated carbocycles. The highest BCUT2D eigenvalue weighted by atomic mass is 35.5. The largest absolute Gasteiger partial charge is 0.479 e. The molecule has 11 nitrogen and oxygen atoms in total. The number of rotatable bonds is 35. The molecule has 1 N–H and O–H groups in total. The summed E-state index contributed by atoms with van der Waals surface area (Å²) in [6.45, 7) is 36.0. The van der Waals surface area contributed by atoms with Crippen LogP contribution < -0.4 is 20.7 Å². The van der Waals surface area contributed by atoms with E-state index in [1.807, 2.05) is 64.1 Å². The van der Waals surface area contributed by atoms with Gasteiger partial charge in [0.1, 0.15) is 0 Å². The number of carbonyl (C=O) groups excluding carboxylic acids is 3. The maximum absolute atomic E-state index is 13.3. The molecule has 6 aromatic rings. The van der Waals surface area contributed by atoms with Gasteiger partial charge in [-0.3, -0.25) is 4.79 Å². The molecule has 0 fully saturated rings. The lowest BCUT2D eigenvalue weighted by molar-refractivity contribution is -0.142. The summed E-state index contributed by atoms with van der Waals surface area (Å²) in [5.41, 5.74) is 5.62. The topological polar surface area (TPSA) is 147 Å². The number of carboxylic acid groups (broad SMARTS) is 1. The van der Waals surface area contributed by atoms with Crippen molar-refractivity contribution >= 4 is 106 Å². The molecule has 0 amide bonds. The summed E-state index contributed by atoms with van der Waals surface area (Å²) in [5.74, 6) is -2.05. The predicted molar refractivity (Wildman–Crippen MR) is 424 cm³/mol. The molecule has 0 atom stereocenters. The molecular weight excluding hydrogens is 1340 g/mol. The Balaban J connectivity index is 0.000000359. The average molecular weight is 1450 g/mol. The van der Waals surface area contributed by atoms with Gasteiger partial charge in [-0.25, -0.2) is 14.4 Å². The Morgan fingerprint density at radius 3 is 1.13 bits per heavy atom. The molecule has 0 aliphatic rings. The molecule has 0 aliphatic carbocycles. The van der Waals surface area contributed by atoms with Crippen LogP contribution in [0.15, 0.2) is 187 Å². The first-order chi connectivity index (χ1) is 46.7. The van der Waals surface area contributed by atoms with Gasteiger partial charge in [0, 0.05) is 52.2 Å². The molecule has 99 heavy (non-hydrogen) atoms. The van der Waals surface area contributed by atoms with E-state index in [0.29, 0.717) is 64.4 Å². The maximum Gasteiger partial charge on any atom is 0.344 e. The molecule has 0 spiro atoms. The molecule has 0 heterocycles. The van der Waals surface area contributed by atoms with Crippen molar-refractivity contribution in [2.24, 2.45) is 5.16 Å². The zero-order valence-corrected chi connectivity index (χ0v) is 67.3. The Bertz CT molecular complexity index is 3660. The number of nitrogens with zero attached hydrogens (tertiary/aromatic N) is 1. The fraction of sp³-hybridized carbons (Fsp3) is 0.402. The first-order valence-electron chi connectivity index (χ1n) is 34.7. The number of oxime groups is 1. The molecule has 0 aliphatic heterocycles. The molecule has 0 radical (unpaired) electrons. The van der Waals surface area contributed by atoms with Gasteiger partial charge in [0.2, 0.25) is 6.61 Å². The molecular formula is C82H109Cl2NO10Si4. The highest BCUT2D eigenvalue weighted by molar-refractivity contribution is 7.00. The smallest absolute Gasteiger partial charge is 0.344 e. The number of unbranched alkanes of at least 4 members (excludes halogenated alkanes) is 2. The van der Waals surface area contributed by atoms with Gasteiger partial charge in [-0.2, -0.15) is 0 Å². The molecule has 0 aromatic heterocycles. The van der Waals surface area contributed by atoms with E-state index < -0.39 is 57.3 Å². The molecule has 0 bridgehead atoms. The zero-order chi connectivity index (χ0) is 73.0. The van der Waals surface area contributed by atoms with Gasteiger partial charge in [0.05, 0.1) is 30.1 Å². The Morgan fingerprint density at radius 2 is 0.788 bits per heavy atom. The van der Waals surface area contributed by atoms with Crippen molar-refractivity contribution in [1.82, 2.24) is 0 Å². The highest BCUT2D eigenvalue weighted by Crippen LogP contribution is 2.39. The van der Waals surface area contributed by atoms with E-state index in [-0.39, 0.29) is 28.7 Å². The normalized spacial score (nSPS) is 12.7. The van der Waals surface area contributed by atoms with Gasteiger partial charge >= 0.3 is 17.9 Å². The summed E-state index contributed by atoms with van der Waals surface area (Å²) in [5, 5.41) is 19.1. The predicted octanol–water partition coefficient (Wildman–Crippen LogP) is 18.7. The van der Waals surface area contributed by atoms with Crippen molar-refractivity contribution in [3.05, 3.63) is 237 Å². The molecule has 0 unspecified atom stereocenters. The van der Waals surface area contributed by atoms with Crippen LogP contribution in [0.2, 0.25) is 71.5 Å². The number of carbonyl (C=O) groups is 4. The summed E-state index contributed by atoms with van der Waals surface area (Å²) in [6, 6.07) is 48.2. The number of benzene rings is 6. The van der Waals surface area contributed by atoms with Crippen LogP contribution in [-0.4, -0.2) is 100 Å². The monoisotopic (exact) mass is 1450 g/mol. The molecule has 6 rings (SSSR count). The number of aliphatic carboxylic acids is 1. The summed E-state index contributed by atoms with van der Waals surface area (Å²) in [4.78, 5) is 55.6. The number of carboxylic acids is 1. The molecule has 17 heteroatoms. The van der Waals surface area contributed by atoms with Crippen molar-refractivity contribution in [3.8, 4) is 0 Å². The van der Waals surface area contributed by atoms with Crippen LogP contribution in [0.5, 0.6) is 0 Å².